The molecule has 1 aliphatic heterocycles. The SMILES string of the molecule is CC(Cl)C1CC(c2c(F)cccc2Cl)=NO1. The van der Waals surface area contributed by atoms with E-state index in [2.05, 4.69) is 5.16 Å². The van der Waals surface area contributed by atoms with E-state index in [1.54, 1.807) is 12.1 Å². The molecule has 1 aromatic carbocycles. The summed E-state index contributed by atoms with van der Waals surface area (Å²) in [6.07, 6.45) is 0.262. The van der Waals surface area contributed by atoms with Crippen LogP contribution in [0.4, 0.5) is 4.39 Å². The lowest BCUT2D eigenvalue weighted by Gasteiger charge is -2.09. The van der Waals surface area contributed by atoms with Gasteiger partial charge in [0, 0.05) is 6.42 Å². The molecule has 86 valence electrons. The van der Waals surface area contributed by atoms with Gasteiger partial charge in [0.2, 0.25) is 0 Å². The Morgan fingerprint density at radius 1 is 1.56 bits per heavy atom. The summed E-state index contributed by atoms with van der Waals surface area (Å²) in [6.45, 7) is 1.81. The third kappa shape index (κ3) is 2.15. The van der Waals surface area contributed by atoms with Gasteiger partial charge in [-0.25, -0.2) is 4.39 Å². The molecule has 2 rings (SSSR count). The zero-order chi connectivity index (χ0) is 11.7. The molecule has 0 bridgehead atoms. The molecule has 5 heteroatoms. The van der Waals surface area contributed by atoms with E-state index < -0.39 is 5.82 Å². The zero-order valence-electron chi connectivity index (χ0n) is 8.58. The number of hydrogen-bond donors (Lipinski definition) is 0. The number of nitrogens with zero attached hydrogens (tertiary/aromatic N) is 1. The van der Waals surface area contributed by atoms with Gasteiger partial charge >= 0.3 is 0 Å². The second-order valence-corrected chi connectivity index (χ2v) is 4.76. The minimum Gasteiger partial charge on any atom is -0.390 e. The molecule has 2 atom stereocenters. The van der Waals surface area contributed by atoms with Gasteiger partial charge in [0.25, 0.3) is 0 Å². The first-order valence-corrected chi connectivity index (χ1v) is 5.72. The number of benzene rings is 1. The van der Waals surface area contributed by atoms with E-state index in [9.17, 15) is 4.39 Å². The molecule has 0 spiro atoms. The van der Waals surface area contributed by atoms with Crippen molar-refractivity contribution in [3.8, 4) is 0 Å². The molecular formula is C11H10Cl2FNO. The minimum atomic E-state index is -0.391. The molecule has 0 radical (unpaired) electrons. The molecule has 1 heterocycles. The Balaban J connectivity index is 2.27. The van der Waals surface area contributed by atoms with Crippen LogP contribution in [0.5, 0.6) is 0 Å². The Labute approximate surface area is 103 Å². The highest BCUT2D eigenvalue weighted by Crippen LogP contribution is 2.27. The molecular weight excluding hydrogens is 252 g/mol. The standard InChI is InChI=1S/C11H10Cl2FNO/c1-6(12)10-5-9(15-16-10)11-7(13)3-2-4-8(11)14/h2-4,6,10H,5H2,1H3. The third-order valence-electron chi connectivity index (χ3n) is 2.46. The maximum atomic E-state index is 13.6. The van der Waals surface area contributed by atoms with Crippen LogP contribution < -0.4 is 0 Å². The Kier molecular flexibility index (Phi) is 3.36. The largest absolute Gasteiger partial charge is 0.390 e. The van der Waals surface area contributed by atoms with Crippen molar-refractivity contribution in [1.82, 2.24) is 0 Å². The van der Waals surface area contributed by atoms with Crippen LogP contribution in [-0.4, -0.2) is 17.2 Å². The monoisotopic (exact) mass is 261 g/mol. The summed E-state index contributed by atoms with van der Waals surface area (Å²) in [5.74, 6) is -0.391. The number of rotatable bonds is 2. The van der Waals surface area contributed by atoms with Crippen LogP contribution in [0.25, 0.3) is 0 Å². The smallest absolute Gasteiger partial charge is 0.149 e. The Bertz CT molecular complexity index is 414. The van der Waals surface area contributed by atoms with Gasteiger partial charge in [-0.3, -0.25) is 0 Å². The first kappa shape index (κ1) is 11.7. The highest BCUT2D eigenvalue weighted by molar-refractivity contribution is 6.34. The van der Waals surface area contributed by atoms with Gasteiger partial charge in [0.15, 0.2) is 0 Å². The maximum Gasteiger partial charge on any atom is 0.149 e. The molecule has 1 aromatic rings. The van der Waals surface area contributed by atoms with E-state index in [0.717, 1.165) is 0 Å². The van der Waals surface area contributed by atoms with Gasteiger partial charge in [-0.1, -0.05) is 22.8 Å². The minimum absolute atomic E-state index is 0.174. The lowest BCUT2D eigenvalue weighted by atomic mass is 10.0. The summed E-state index contributed by atoms with van der Waals surface area (Å²) in [5, 5.41) is 4.00. The predicted octanol–water partition coefficient (Wildman–Crippen LogP) is 3.60. The van der Waals surface area contributed by atoms with E-state index in [0.29, 0.717) is 22.7 Å². The van der Waals surface area contributed by atoms with Crippen LogP contribution in [0.1, 0.15) is 18.9 Å². The van der Waals surface area contributed by atoms with Crippen molar-refractivity contribution >= 4 is 28.9 Å². The van der Waals surface area contributed by atoms with Gasteiger partial charge < -0.3 is 4.84 Å². The van der Waals surface area contributed by atoms with Crippen molar-refractivity contribution < 1.29 is 9.23 Å². The van der Waals surface area contributed by atoms with Crippen molar-refractivity contribution in [2.45, 2.75) is 24.8 Å². The zero-order valence-corrected chi connectivity index (χ0v) is 10.1. The molecule has 0 N–H and O–H groups in total. The Morgan fingerprint density at radius 3 is 2.88 bits per heavy atom. The van der Waals surface area contributed by atoms with Gasteiger partial charge in [0.05, 0.1) is 21.7 Å². The molecule has 0 saturated carbocycles. The van der Waals surface area contributed by atoms with Gasteiger partial charge in [-0.05, 0) is 19.1 Å². The van der Waals surface area contributed by atoms with Crippen LogP contribution in [0.15, 0.2) is 23.4 Å². The molecule has 2 unspecified atom stereocenters. The third-order valence-corrected chi connectivity index (χ3v) is 3.05. The molecule has 0 saturated heterocycles. The van der Waals surface area contributed by atoms with Crippen LogP contribution in [0, 0.1) is 5.82 Å². The summed E-state index contributed by atoms with van der Waals surface area (Å²) in [6, 6.07) is 4.53. The fraction of sp³-hybridized carbons (Fsp3) is 0.364. The van der Waals surface area contributed by atoms with Crippen LogP contribution >= 0.6 is 23.2 Å². The van der Waals surface area contributed by atoms with Crippen molar-refractivity contribution in [3.63, 3.8) is 0 Å². The summed E-state index contributed by atoms with van der Waals surface area (Å²) >= 11 is 11.8. The number of hydrogen-bond acceptors (Lipinski definition) is 2. The lowest BCUT2D eigenvalue weighted by molar-refractivity contribution is 0.0855. The number of oxime groups is 1. The van der Waals surface area contributed by atoms with Crippen molar-refractivity contribution in [2.24, 2.45) is 5.16 Å². The first-order chi connectivity index (χ1) is 7.59. The van der Waals surface area contributed by atoms with Crippen LogP contribution in [-0.2, 0) is 4.84 Å². The second-order valence-electron chi connectivity index (χ2n) is 3.66. The molecule has 2 nitrogen and oxygen atoms in total. The summed E-state index contributed by atoms with van der Waals surface area (Å²) in [4.78, 5) is 5.12. The summed E-state index contributed by atoms with van der Waals surface area (Å²) in [5.41, 5.74) is 0.824. The topological polar surface area (TPSA) is 21.6 Å². The summed E-state index contributed by atoms with van der Waals surface area (Å²) in [7, 11) is 0. The van der Waals surface area contributed by atoms with Gasteiger partial charge in [-0.15, -0.1) is 11.6 Å². The number of halogens is 3. The predicted molar refractivity (Wildman–Crippen MR) is 62.8 cm³/mol. The molecule has 0 fully saturated rings. The van der Waals surface area contributed by atoms with E-state index in [4.69, 9.17) is 28.0 Å². The van der Waals surface area contributed by atoms with Gasteiger partial charge in [0.1, 0.15) is 11.9 Å². The highest BCUT2D eigenvalue weighted by Gasteiger charge is 2.28. The van der Waals surface area contributed by atoms with Crippen molar-refractivity contribution in [2.75, 3.05) is 0 Å². The maximum absolute atomic E-state index is 13.6. The average Bonchev–Trinajstić information content (AvgIpc) is 2.66. The normalized spacial score (nSPS) is 21.5. The highest BCUT2D eigenvalue weighted by atomic mass is 35.5. The molecule has 0 amide bonds. The molecule has 0 aromatic heterocycles. The Morgan fingerprint density at radius 2 is 2.31 bits per heavy atom. The van der Waals surface area contributed by atoms with E-state index in [1.165, 1.54) is 6.07 Å². The second kappa shape index (κ2) is 4.60. The quantitative estimate of drug-likeness (QED) is 0.746. The van der Waals surface area contributed by atoms with Crippen molar-refractivity contribution in [3.05, 3.63) is 34.6 Å². The molecule has 16 heavy (non-hydrogen) atoms. The average molecular weight is 262 g/mol. The van der Waals surface area contributed by atoms with E-state index in [-0.39, 0.29) is 11.5 Å². The van der Waals surface area contributed by atoms with Gasteiger partial charge in [-0.2, -0.15) is 0 Å². The van der Waals surface area contributed by atoms with Crippen molar-refractivity contribution in [1.29, 1.82) is 0 Å². The summed E-state index contributed by atoms with van der Waals surface area (Å²) < 4.78 is 13.6. The molecule has 0 aliphatic carbocycles. The van der Waals surface area contributed by atoms with Crippen LogP contribution in [0.3, 0.4) is 0 Å². The lowest BCUT2D eigenvalue weighted by Crippen LogP contribution is -2.18. The first-order valence-electron chi connectivity index (χ1n) is 4.90. The van der Waals surface area contributed by atoms with E-state index >= 15 is 0 Å². The number of alkyl halides is 1. The fourth-order valence-corrected chi connectivity index (χ4v) is 1.97. The molecule has 1 aliphatic rings. The fourth-order valence-electron chi connectivity index (χ4n) is 1.56. The Hall–Kier alpha value is -0.800. The van der Waals surface area contributed by atoms with E-state index in [1.807, 2.05) is 6.92 Å². The van der Waals surface area contributed by atoms with Crippen LogP contribution in [0.2, 0.25) is 5.02 Å².